The molecule has 0 radical (unpaired) electrons. The second-order valence-corrected chi connectivity index (χ2v) is 3.91. The Balaban J connectivity index is 1.98. The molecule has 0 spiro atoms. The van der Waals surface area contributed by atoms with E-state index in [1.807, 2.05) is 30.3 Å². The van der Waals surface area contributed by atoms with Crippen LogP contribution in [0.5, 0.6) is 5.75 Å². The SMILES string of the molecule is Oc1ccc(C2=Nc3ccccc3C2)cc1. The van der Waals surface area contributed by atoms with E-state index in [0.717, 1.165) is 23.4 Å². The van der Waals surface area contributed by atoms with Gasteiger partial charge in [0.1, 0.15) is 5.75 Å². The Bertz CT molecular complexity index is 555. The first-order valence-electron chi connectivity index (χ1n) is 5.28. The first kappa shape index (κ1) is 9.16. The normalized spacial score (nSPS) is 13.4. The lowest BCUT2D eigenvalue weighted by molar-refractivity contribution is 0.475. The summed E-state index contributed by atoms with van der Waals surface area (Å²) in [4.78, 5) is 4.59. The highest BCUT2D eigenvalue weighted by molar-refractivity contribution is 6.06. The van der Waals surface area contributed by atoms with Gasteiger partial charge in [-0.15, -0.1) is 0 Å². The summed E-state index contributed by atoms with van der Waals surface area (Å²) in [5.41, 5.74) is 4.48. The topological polar surface area (TPSA) is 32.6 Å². The van der Waals surface area contributed by atoms with Crippen LogP contribution in [-0.2, 0) is 6.42 Å². The molecule has 1 N–H and O–H groups in total. The maximum atomic E-state index is 9.23. The summed E-state index contributed by atoms with van der Waals surface area (Å²) in [6, 6.07) is 15.4. The number of aliphatic imine (C=N–C) groups is 1. The van der Waals surface area contributed by atoms with E-state index in [4.69, 9.17) is 0 Å². The number of hydrogen-bond acceptors (Lipinski definition) is 2. The van der Waals surface area contributed by atoms with E-state index in [-0.39, 0.29) is 0 Å². The molecule has 1 heterocycles. The number of phenols is 1. The quantitative estimate of drug-likeness (QED) is 0.769. The molecule has 2 heteroatoms. The molecule has 78 valence electrons. The van der Waals surface area contributed by atoms with Gasteiger partial charge in [0, 0.05) is 6.42 Å². The number of rotatable bonds is 1. The Labute approximate surface area is 93.9 Å². The van der Waals surface area contributed by atoms with E-state index in [0.29, 0.717) is 5.75 Å². The number of nitrogens with zero attached hydrogens (tertiary/aromatic N) is 1. The highest BCUT2D eigenvalue weighted by Gasteiger charge is 2.14. The Kier molecular flexibility index (Phi) is 2.00. The molecule has 3 rings (SSSR count). The summed E-state index contributed by atoms with van der Waals surface area (Å²) in [6.45, 7) is 0. The van der Waals surface area contributed by atoms with Gasteiger partial charge in [-0.2, -0.15) is 0 Å². The van der Waals surface area contributed by atoms with Gasteiger partial charge >= 0.3 is 0 Å². The third kappa shape index (κ3) is 1.48. The molecule has 0 aliphatic carbocycles. The summed E-state index contributed by atoms with van der Waals surface area (Å²) < 4.78 is 0. The molecule has 1 aliphatic rings. The van der Waals surface area contributed by atoms with Crippen LogP contribution in [0.4, 0.5) is 5.69 Å². The van der Waals surface area contributed by atoms with Gasteiger partial charge in [-0.25, -0.2) is 0 Å². The van der Waals surface area contributed by atoms with Crippen molar-refractivity contribution in [2.75, 3.05) is 0 Å². The van der Waals surface area contributed by atoms with Crippen LogP contribution in [0.25, 0.3) is 0 Å². The number of benzene rings is 2. The largest absolute Gasteiger partial charge is 0.508 e. The molecule has 0 unspecified atom stereocenters. The van der Waals surface area contributed by atoms with Crippen molar-refractivity contribution in [3.63, 3.8) is 0 Å². The van der Waals surface area contributed by atoms with E-state index in [9.17, 15) is 5.11 Å². The molecular weight excluding hydrogens is 198 g/mol. The summed E-state index contributed by atoms with van der Waals surface area (Å²) >= 11 is 0. The molecular formula is C14H11NO. The zero-order valence-corrected chi connectivity index (χ0v) is 8.72. The molecule has 0 bridgehead atoms. The minimum absolute atomic E-state index is 0.292. The zero-order valence-electron chi connectivity index (χ0n) is 8.72. The number of aromatic hydroxyl groups is 1. The summed E-state index contributed by atoms with van der Waals surface area (Å²) in [7, 11) is 0. The van der Waals surface area contributed by atoms with Crippen molar-refractivity contribution < 1.29 is 5.11 Å². The fourth-order valence-electron chi connectivity index (χ4n) is 1.96. The van der Waals surface area contributed by atoms with E-state index < -0.39 is 0 Å². The average molecular weight is 209 g/mol. The summed E-state index contributed by atoms with van der Waals surface area (Å²) in [5.74, 6) is 0.292. The van der Waals surface area contributed by atoms with Crippen molar-refractivity contribution in [3.05, 3.63) is 59.7 Å². The summed E-state index contributed by atoms with van der Waals surface area (Å²) in [6.07, 6.45) is 0.876. The molecule has 2 aromatic rings. The fourth-order valence-corrected chi connectivity index (χ4v) is 1.96. The number of hydrogen-bond donors (Lipinski definition) is 1. The lowest BCUT2D eigenvalue weighted by atomic mass is 10.0. The second kappa shape index (κ2) is 3.49. The maximum absolute atomic E-state index is 9.23. The smallest absolute Gasteiger partial charge is 0.115 e. The van der Waals surface area contributed by atoms with Crippen molar-refractivity contribution >= 4 is 11.4 Å². The van der Waals surface area contributed by atoms with Gasteiger partial charge in [-0.3, -0.25) is 4.99 Å². The lowest BCUT2D eigenvalue weighted by Crippen LogP contribution is -1.99. The van der Waals surface area contributed by atoms with E-state index in [1.54, 1.807) is 12.1 Å². The monoisotopic (exact) mass is 209 g/mol. The van der Waals surface area contributed by atoms with Gasteiger partial charge in [0.2, 0.25) is 0 Å². The third-order valence-corrected chi connectivity index (χ3v) is 2.81. The molecule has 0 fully saturated rings. The molecule has 16 heavy (non-hydrogen) atoms. The first-order valence-corrected chi connectivity index (χ1v) is 5.28. The maximum Gasteiger partial charge on any atom is 0.115 e. The van der Waals surface area contributed by atoms with Crippen LogP contribution in [0.3, 0.4) is 0 Å². The van der Waals surface area contributed by atoms with Crippen LogP contribution >= 0.6 is 0 Å². The average Bonchev–Trinajstić information content (AvgIpc) is 2.73. The van der Waals surface area contributed by atoms with Crippen LogP contribution in [0.1, 0.15) is 11.1 Å². The number of fused-ring (bicyclic) bond motifs is 1. The molecule has 1 aliphatic heterocycles. The highest BCUT2D eigenvalue weighted by atomic mass is 16.3. The standard InChI is InChI=1S/C14H11NO/c16-12-7-5-10(6-8-12)14-9-11-3-1-2-4-13(11)15-14/h1-8,16H,9H2. The van der Waals surface area contributed by atoms with Crippen LogP contribution in [-0.4, -0.2) is 10.8 Å². The minimum atomic E-state index is 0.292. The molecule has 2 nitrogen and oxygen atoms in total. The van der Waals surface area contributed by atoms with Crippen LogP contribution in [0.2, 0.25) is 0 Å². The van der Waals surface area contributed by atoms with Crippen molar-refractivity contribution in [1.29, 1.82) is 0 Å². The van der Waals surface area contributed by atoms with Gasteiger partial charge in [0.25, 0.3) is 0 Å². The lowest BCUT2D eigenvalue weighted by Gasteiger charge is -1.99. The first-order chi connectivity index (χ1) is 7.83. The zero-order chi connectivity index (χ0) is 11.0. The molecule has 2 aromatic carbocycles. The minimum Gasteiger partial charge on any atom is -0.508 e. The van der Waals surface area contributed by atoms with Gasteiger partial charge < -0.3 is 5.11 Å². The Morgan fingerprint density at radius 1 is 0.938 bits per heavy atom. The molecule has 0 aromatic heterocycles. The van der Waals surface area contributed by atoms with E-state index in [2.05, 4.69) is 11.1 Å². The molecule has 0 saturated carbocycles. The van der Waals surface area contributed by atoms with Crippen molar-refractivity contribution in [2.45, 2.75) is 6.42 Å². The van der Waals surface area contributed by atoms with E-state index >= 15 is 0 Å². The predicted molar refractivity (Wildman–Crippen MR) is 64.4 cm³/mol. The Morgan fingerprint density at radius 3 is 2.44 bits per heavy atom. The van der Waals surface area contributed by atoms with Crippen LogP contribution < -0.4 is 0 Å². The van der Waals surface area contributed by atoms with Gasteiger partial charge in [0.15, 0.2) is 0 Å². The van der Waals surface area contributed by atoms with E-state index in [1.165, 1.54) is 5.56 Å². The number of para-hydroxylation sites is 1. The van der Waals surface area contributed by atoms with Crippen LogP contribution in [0.15, 0.2) is 53.5 Å². The molecule has 0 saturated heterocycles. The van der Waals surface area contributed by atoms with Crippen molar-refractivity contribution in [1.82, 2.24) is 0 Å². The highest BCUT2D eigenvalue weighted by Crippen LogP contribution is 2.28. The van der Waals surface area contributed by atoms with Gasteiger partial charge in [-0.1, -0.05) is 18.2 Å². The van der Waals surface area contributed by atoms with Gasteiger partial charge in [0.05, 0.1) is 11.4 Å². The third-order valence-electron chi connectivity index (χ3n) is 2.81. The van der Waals surface area contributed by atoms with Crippen LogP contribution in [0, 0.1) is 0 Å². The number of phenolic OH excluding ortho intramolecular Hbond substituents is 1. The summed E-state index contributed by atoms with van der Waals surface area (Å²) in [5, 5.41) is 9.23. The van der Waals surface area contributed by atoms with Gasteiger partial charge in [-0.05, 0) is 41.5 Å². The molecule has 0 amide bonds. The van der Waals surface area contributed by atoms with Crippen molar-refractivity contribution in [3.8, 4) is 5.75 Å². The predicted octanol–water partition coefficient (Wildman–Crippen LogP) is 3.07. The fraction of sp³-hybridized carbons (Fsp3) is 0.0714. The van der Waals surface area contributed by atoms with Crippen molar-refractivity contribution in [2.24, 2.45) is 4.99 Å². The Morgan fingerprint density at radius 2 is 1.69 bits per heavy atom. The second-order valence-electron chi connectivity index (χ2n) is 3.91. The molecule has 0 atom stereocenters. The Hall–Kier alpha value is -2.09.